The van der Waals surface area contributed by atoms with Crippen molar-refractivity contribution < 1.29 is 14.3 Å². The highest BCUT2D eigenvalue weighted by molar-refractivity contribution is 5.75. The molecule has 110 valence electrons. The Balaban J connectivity index is 2.16. The van der Waals surface area contributed by atoms with Crippen LogP contribution in [0.25, 0.3) is 0 Å². The number of halogens is 1. The van der Waals surface area contributed by atoms with Gasteiger partial charge in [-0.15, -0.1) is 0 Å². The summed E-state index contributed by atoms with van der Waals surface area (Å²) in [4.78, 5) is 17.8. The molecular formula is C15H21FN2O2. The molecule has 1 fully saturated rings. The number of aromatic nitrogens is 1. The van der Waals surface area contributed by atoms with Gasteiger partial charge in [0, 0.05) is 12.6 Å². The van der Waals surface area contributed by atoms with Crippen LogP contribution in [0.2, 0.25) is 0 Å². The van der Waals surface area contributed by atoms with Gasteiger partial charge in [-0.1, -0.05) is 6.92 Å². The summed E-state index contributed by atoms with van der Waals surface area (Å²) in [5.74, 6) is -1.07. The molecular weight excluding hydrogens is 259 g/mol. The quantitative estimate of drug-likeness (QED) is 0.921. The molecule has 1 aliphatic heterocycles. The van der Waals surface area contributed by atoms with E-state index in [9.17, 15) is 14.3 Å². The largest absolute Gasteiger partial charge is 0.481 e. The summed E-state index contributed by atoms with van der Waals surface area (Å²) in [6.07, 6.45) is 3.42. The minimum absolute atomic E-state index is 0.00109. The van der Waals surface area contributed by atoms with E-state index in [0.717, 1.165) is 25.1 Å². The number of rotatable bonds is 4. The summed E-state index contributed by atoms with van der Waals surface area (Å²) in [5.41, 5.74) is 0.121. The first kappa shape index (κ1) is 14.9. The van der Waals surface area contributed by atoms with Crippen LogP contribution in [0.1, 0.15) is 44.8 Å². The molecule has 0 radical (unpaired) electrons. The molecule has 0 bridgehead atoms. The van der Waals surface area contributed by atoms with Gasteiger partial charge in [0.1, 0.15) is 5.82 Å². The van der Waals surface area contributed by atoms with Gasteiger partial charge < -0.3 is 5.11 Å². The number of hydrogen-bond donors (Lipinski definition) is 1. The van der Waals surface area contributed by atoms with Crippen LogP contribution in [-0.4, -0.2) is 34.0 Å². The van der Waals surface area contributed by atoms with Gasteiger partial charge in [-0.3, -0.25) is 14.7 Å². The monoisotopic (exact) mass is 280 g/mol. The van der Waals surface area contributed by atoms with E-state index in [2.05, 4.69) is 9.88 Å². The SMILES string of the molecule is CCC1(C(=O)O)CCCN(C(C)c2ccc(F)cn2)C1. The fourth-order valence-electron chi connectivity index (χ4n) is 2.93. The summed E-state index contributed by atoms with van der Waals surface area (Å²) in [5, 5.41) is 9.50. The first-order valence-corrected chi connectivity index (χ1v) is 7.07. The van der Waals surface area contributed by atoms with Crippen molar-refractivity contribution in [1.82, 2.24) is 9.88 Å². The third kappa shape index (κ3) is 2.82. The average Bonchev–Trinajstić information content (AvgIpc) is 2.47. The number of carboxylic acids is 1. The smallest absolute Gasteiger partial charge is 0.310 e. The minimum Gasteiger partial charge on any atom is -0.481 e. The third-order valence-corrected chi connectivity index (χ3v) is 4.46. The van der Waals surface area contributed by atoms with E-state index in [0.29, 0.717) is 13.0 Å². The number of hydrogen-bond acceptors (Lipinski definition) is 3. The average molecular weight is 280 g/mol. The molecule has 0 aliphatic carbocycles. The number of carbonyl (C=O) groups is 1. The Labute approximate surface area is 118 Å². The highest BCUT2D eigenvalue weighted by atomic mass is 19.1. The van der Waals surface area contributed by atoms with Crippen molar-refractivity contribution in [3.8, 4) is 0 Å². The normalized spacial score (nSPS) is 25.4. The summed E-state index contributed by atoms with van der Waals surface area (Å²) in [6, 6.07) is 3.07. The molecule has 0 amide bonds. The van der Waals surface area contributed by atoms with Crippen molar-refractivity contribution in [2.75, 3.05) is 13.1 Å². The summed E-state index contributed by atoms with van der Waals surface area (Å²) >= 11 is 0. The van der Waals surface area contributed by atoms with Gasteiger partial charge in [-0.25, -0.2) is 4.39 Å². The van der Waals surface area contributed by atoms with Crippen LogP contribution in [-0.2, 0) is 4.79 Å². The van der Waals surface area contributed by atoms with Gasteiger partial charge >= 0.3 is 5.97 Å². The van der Waals surface area contributed by atoms with E-state index >= 15 is 0 Å². The number of nitrogens with zero attached hydrogens (tertiary/aromatic N) is 2. The summed E-state index contributed by atoms with van der Waals surface area (Å²) in [6.45, 7) is 5.31. The number of carboxylic acid groups (broad SMARTS) is 1. The van der Waals surface area contributed by atoms with Crippen LogP contribution in [0.5, 0.6) is 0 Å². The molecule has 5 heteroatoms. The summed E-state index contributed by atoms with van der Waals surface area (Å²) < 4.78 is 12.9. The number of pyridine rings is 1. The zero-order chi connectivity index (χ0) is 14.8. The molecule has 0 saturated carbocycles. The molecule has 4 nitrogen and oxygen atoms in total. The van der Waals surface area contributed by atoms with Crippen molar-refractivity contribution in [3.63, 3.8) is 0 Å². The molecule has 2 rings (SSSR count). The molecule has 0 aromatic carbocycles. The van der Waals surface area contributed by atoms with Crippen molar-refractivity contribution in [2.24, 2.45) is 5.41 Å². The standard InChI is InChI=1S/C15H21FN2O2/c1-3-15(14(19)20)7-4-8-18(10-15)11(2)13-6-5-12(16)9-17-13/h5-6,9,11H,3-4,7-8,10H2,1-2H3,(H,19,20). The molecule has 0 spiro atoms. The Bertz CT molecular complexity index is 477. The van der Waals surface area contributed by atoms with Gasteiger partial charge in [0.25, 0.3) is 0 Å². The maximum absolute atomic E-state index is 12.9. The van der Waals surface area contributed by atoms with Gasteiger partial charge in [-0.2, -0.15) is 0 Å². The maximum Gasteiger partial charge on any atom is 0.310 e. The fraction of sp³-hybridized carbons (Fsp3) is 0.600. The molecule has 1 aromatic heterocycles. The predicted molar refractivity (Wildman–Crippen MR) is 73.8 cm³/mol. The minimum atomic E-state index is -0.719. The molecule has 2 heterocycles. The molecule has 1 aromatic rings. The Hall–Kier alpha value is -1.49. The first-order chi connectivity index (χ1) is 9.48. The van der Waals surface area contributed by atoms with Crippen molar-refractivity contribution in [2.45, 2.75) is 39.2 Å². The van der Waals surface area contributed by atoms with Gasteiger partial charge in [-0.05, 0) is 44.9 Å². The van der Waals surface area contributed by atoms with E-state index < -0.39 is 11.4 Å². The topological polar surface area (TPSA) is 53.4 Å². The highest BCUT2D eigenvalue weighted by Crippen LogP contribution is 2.36. The molecule has 1 N–H and O–H groups in total. The van der Waals surface area contributed by atoms with Crippen LogP contribution in [0.4, 0.5) is 4.39 Å². The van der Waals surface area contributed by atoms with Crippen molar-refractivity contribution in [1.29, 1.82) is 0 Å². The Morgan fingerprint density at radius 1 is 1.60 bits per heavy atom. The molecule has 2 atom stereocenters. The second kappa shape index (κ2) is 5.87. The zero-order valence-corrected chi connectivity index (χ0v) is 12.0. The van der Waals surface area contributed by atoms with E-state index in [-0.39, 0.29) is 11.9 Å². The van der Waals surface area contributed by atoms with Crippen LogP contribution < -0.4 is 0 Å². The highest BCUT2D eigenvalue weighted by Gasteiger charge is 2.42. The van der Waals surface area contributed by atoms with Crippen LogP contribution in [0.15, 0.2) is 18.3 Å². The number of piperidine rings is 1. The molecule has 1 aliphatic rings. The van der Waals surface area contributed by atoms with E-state index in [4.69, 9.17) is 0 Å². The lowest BCUT2D eigenvalue weighted by Gasteiger charge is -2.42. The lowest BCUT2D eigenvalue weighted by Crippen LogP contribution is -2.48. The van der Waals surface area contributed by atoms with Gasteiger partial charge in [0.15, 0.2) is 0 Å². The molecule has 2 unspecified atom stereocenters. The van der Waals surface area contributed by atoms with E-state index in [1.54, 1.807) is 6.07 Å². The van der Waals surface area contributed by atoms with Crippen molar-refractivity contribution >= 4 is 5.97 Å². The Morgan fingerprint density at radius 3 is 2.90 bits per heavy atom. The van der Waals surface area contributed by atoms with E-state index in [1.807, 2.05) is 13.8 Å². The lowest BCUT2D eigenvalue weighted by molar-refractivity contribution is -0.153. The number of likely N-dealkylation sites (tertiary alicyclic amines) is 1. The Kier molecular flexibility index (Phi) is 4.38. The fourth-order valence-corrected chi connectivity index (χ4v) is 2.93. The zero-order valence-electron chi connectivity index (χ0n) is 12.0. The van der Waals surface area contributed by atoms with Crippen molar-refractivity contribution in [3.05, 3.63) is 29.8 Å². The van der Waals surface area contributed by atoms with Crippen LogP contribution in [0, 0.1) is 11.2 Å². The molecule has 20 heavy (non-hydrogen) atoms. The second-order valence-corrected chi connectivity index (χ2v) is 5.59. The van der Waals surface area contributed by atoms with Crippen LogP contribution in [0.3, 0.4) is 0 Å². The van der Waals surface area contributed by atoms with Gasteiger partial charge in [0.2, 0.25) is 0 Å². The number of aliphatic carboxylic acids is 1. The first-order valence-electron chi connectivity index (χ1n) is 7.07. The van der Waals surface area contributed by atoms with Crippen LogP contribution >= 0.6 is 0 Å². The molecule has 1 saturated heterocycles. The lowest BCUT2D eigenvalue weighted by atomic mass is 9.77. The second-order valence-electron chi connectivity index (χ2n) is 5.59. The Morgan fingerprint density at radius 2 is 2.35 bits per heavy atom. The van der Waals surface area contributed by atoms with Gasteiger partial charge in [0.05, 0.1) is 17.3 Å². The summed E-state index contributed by atoms with van der Waals surface area (Å²) in [7, 11) is 0. The third-order valence-electron chi connectivity index (χ3n) is 4.46. The maximum atomic E-state index is 12.9. The predicted octanol–water partition coefficient (Wildman–Crippen LogP) is 2.86. The van der Waals surface area contributed by atoms with E-state index in [1.165, 1.54) is 12.3 Å².